The lowest BCUT2D eigenvalue weighted by Crippen LogP contribution is -2.23. The highest BCUT2D eigenvalue weighted by molar-refractivity contribution is 5.29. The number of hydrogen-bond acceptors (Lipinski definition) is 4. The van der Waals surface area contributed by atoms with Gasteiger partial charge in [-0.05, 0) is 38.5 Å². The molecule has 0 aliphatic rings. The predicted octanol–water partition coefficient (Wildman–Crippen LogP) is 2.53. The van der Waals surface area contributed by atoms with E-state index in [-0.39, 0.29) is 18.2 Å². The predicted molar refractivity (Wildman–Crippen MR) is 76.4 cm³/mol. The van der Waals surface area contributed by atoms with Gasteiger partial charge < -0.3 is 19.9 Å². The van der Waals surface area contributed by atoms with Gasteiger partial charge >= 0.3 is 0 Å². The van der Waals surface area contributed by atoms with E-state index in [2.05, 4.69) is 0 Å². The third-order valence-electron chi connectivity index (χ3n) is 2.64. The van der Waals surface area contributed by atoms with Crippen molar-refractivity contribution < 1.29 is 14.2 Å². The van der Waals surface area contributed by atoms with Gasteiger partial charge in [-0.3, -0.25) is 0 Å². The minimum Gasteiger partial charge on any atom is -0.491 e. The molecule has 0 heterocycles. The van der Waals surface area contributed by atoms with Gasteiger partial charge in [-0.2, -0.15) is 0 Å². The molecule has 0 spiro atoms. The van der Waals surface area contributed by atoms with Crippen LogP contribution >= 0.6 is 0 Å². The van der Waals surface area contributed by atoms with E-state index < -0.39 is 0 Å². The third kappa shape index (κ3) is 6.05. The van der Waals surface area contributed by atoms with E-state index in [0.717, 1.165) is 11.3 Å². The molecule has 0 amide bonds. The Morgan fingerprint density at radius 2 is 1.68 bits per heavy atom. The van der Waals surface area contributed by atoms with Gasteiger partial charge in [0.15, 0.2) is 0 Å². The van der Waals surface area contributed by atoms with Gasteiger partial charge in [0.05, 0.1) is 31.5 Å². The molecule has 2 atom stereocenters. The van der Waals surface area contributed by atoms with E-state index in [1.165, 1.54) is 0 Å². The van der Waals surface area contributed by atoms with E-state index in [1.807, 2.05) is 45.0 Å². The molecule has 0 aliphatic heterocycles. The summed E-state index contributed by atoms with van der Waals surface area (Å²) in [7, 11) is 1.66. The fraction of sp³-hybridized carbons (Fsp3) is 0.600. The maximum absolute atomic E-state index is 6.08. The van der Waals surface area contributed by atoms with Crippen LogP contribution < -0.4 is 10.5 Å². The number of nitrogens with two attached hydrogens (primary N) is 1. The Bertz CT molecular complexity index is 351. The molecule has 1 aromatic carbocycles. The van der Waals surface area contributed by atoms with Crippen LogP contribution in [0, 0.1) is 0 Å². The van der Waals surface area contributed by atoms with Crippen LogP contribution in [0.3, 0.4) is 0 Å². The Morgan fingerprint density at radius 3 is 2.21 bits per heavy atom. The first kappa shape index (κ1) is 16.0. The van der Waals surface area contributed by atoms with Crippen molar-refractivity contribution in [2.45, 2.75) is 39.0 Å². The van der Waals surface area contributed by atoms with Crippen molar-refractivity contribution in [3.63, 3.8) is 0 Å². The lowest BCUT2D eigenvalue weighted by Gasteiger charge is -2.17. The molecule has 108 valence electrons. The molecule has 0 aromatic heterocycles. The average Bonchev–Trinajstić information content (AvgIpc) is 2.36. The van der Waals surface area contributed by atoms with Gasteiger partial charge in [0, 0.05) is 7.11 Å². The first-order valence-corrected chi connectivity index (χ1v) is 6.65. The Morgan fingerprint density at radius 1 is 1.05 bits per heavy atom. The highest BCUT2D eigenvalue weighted by Gasteiger charge is 2.09. The number of hydrogen-bond donors (Lipinski definition) is 1. The third-order valence-corrected chi connectivity index (χ3v) is 2.64. The topological polar surface area (TPSA) is 53.7 Å². The fourth-order valence-electron chi connectivity index (χ4n) is 1.71. The zero-order chi connectivity index (χ0) is 14.3. The first-order valence-electron chi connectivity index (χ1n) is 6.65. The van der Waals surface area contributed by atoms with E-state index in [4.69, 9.17) is 19.9 Å². The van der Waals surface area contributed by atoms with Crippen LogP contribution in [0.15, 0.2) is 24.3 Å². The summed E-state index contributed by atoms with van der Waals surface area (Å²) in [6.07, 6.45) is 0.234. The lowest BCUT2D eigenvalue weighted by molar-refractivity contribution is 0.00328. The highest BCUT2D eigenvalue weighted by Crippen LogP contribution is 2.18. The van der Waals surface area contributed by atoms with Crippen molar-refractivity contribution in [3.8, 4) is 5.75 Å². The monoisotopic (exact) mass is 267 g/mol. The molecule has 1 rings (SSSR count). The molecule has 0 saturated heterocycles. The van der Waals surface area contributed by atoms with Crippen LogP contribution in [0.5, 0.6) is 5.75 Å². The SMILES string of the molecule is COCC(C)OCC(N)c1ccc(OC(C)C)cc1. The highest BCUT2D eigenvalue weighted by atomic mass is 16.5. The number of benzene rings is 1. The summed E-state index contributed by atoms with van der Waals surface area (Å²) in [5.41, 5.74) is 7.13. The Balaban J connectivity index is 2.46. The molecule has 4 heteroatoms. The van der Waals surface area contributed by atoms with E-state index in [0.29, 0.717) is 13.2 Å². The molecule has 2 N–H and O–H groups in total. The second-order valence-corrected chi connectivity index (χ2v) is 4.94. The normalized spacial score (nSPS) is 14.4. The molecule has 0 aliphatic carbocycles. The van der Waals surface area contributed by atoms with Gasteiger partial charge in [-0.25, -0.2) is 0 Å². The minimum absolute atomic E-state index is 0.0552. The maximum Gasteiger partial charge on any atom is 0.119 e. The quantitative estimate of drug-likeness (QED) is 0.786. The van der Waals surface area contributed by atoms with Gasteiger partial charge in [0.25, 0.3) is 0 Å². The zero-order valence-electron chi connectivity index (χ0n) is 12.3. The Hall–Kier alpha value is -1.10. The average molecular weight is 267 g/mol. The van der Waals surface area contributed by atoms with E-state index in [9.17, 15) is 0 Å². The van der Waals surface area contributed by atoms with Crippen LogP contribution in [0.4, 0.5) is 0 Å². The molecule has 4 nitrogen and oxygen atoms in total. The van der Waals surface area contributed by atoms with Crippen molar-refractivity contribution in [1.82, 2.24) is 0 Å². The van der Waals surface area contributed by atoms with Gasteiger partial charge in [0.2, 0.25) is 0 Å². The molecule has 2 unspecified atom stereocenters. The summed E-state index contributed by atoms with van der Waals surface area (Å²) in [5.74, 6) is 0.861. The van der Waals surface area contributed by atoms with Crippen LogP contribution in [0.2, 0.25) is 0 Å². The second-order valence-electron chi connectivity index (χ2n) is 4.94. The number of methoxy groups -OCH3 is 1. The van der Waals surface area contributed by atoms with E-state index >= 15 is 0 Å². The van der Waals surface area contributed by atoms with Crippen molar-refractivity contribution in [2.24, 2.45) is 5.73 Å². The summed E-state index contributed by atoms with van der Waals surface area (Å²) in [6.45, 7) is 7.04. The molecular weight excluding hydrogens is 242 g/mol. The molecule has 0 bridgehead atoms. The van der Waals surface area contributed by atoms with Crippen LogP contribution in [-0.4, -0.2) is 32.5 Å². The van der Waals surface area contributed by atoms with E-state index in [1.54, 1.807) is 7.11 Å². The zero-order valence-corrected chi connectivity index (χ0v) is 12.3. The van der Waals surface area contributed by atoms with Crippen molar-refractivity contribution in [3.05, 3.63) is 29.8 Å². The largest absolute Gasteiger partial charge is 0.491 e. The standard InChI is InChI=1S/C15H25NO3/c1-11(2)19-14-7-5-13(6-8-14)15(16)10-18-12(3)9-17-4/h5-8,11-12,15H,9-10,16H2,1-4H3. The summed E-state index contributed by atoms with van der Waals surface area (Å²) in [6, 6.07) is 7.70. The summed E-state index contributed by atoms with van der Waals surface area (Å²) >= 11 is 0. The van der Waals surface area contributed by atoms with Gasteiger partial charge in [-0.1, -0.05) is 12.1 Å². The second kappa shape index (κ2) is 8.15. The lowest BCUT2D eigenvalue weighted by atomic mass is 10.1. The molecule has 0 radical (unpaired) electrons. The molecule has 1 aromatic rings. The Kier molecular flexibility index (Phi) is 6.84. The fourth-order valence-corrected chi connectivity index (χ4v) is 1.71. The maximum atomic E-state index is 6.08. The molecular formula is C15H25NO3. The van der Waals surface area contributed by atoms with Crippen LogP contribution in [-0.2, 0) is 9.47 Å². The summed E-state index contributed by atoms with van der Waals surface area (Å²) in [4.78, 5) is 0. The Labute approximate surface area is 115 Å². The van der Waals surface area contributed by atoms with Gasteiger partial charge in [-0.15, -0.1) is 0 Å². The molecule has 0 fully saturated rings. The summed E-state index contributed by atoms with van der Waals surface area (Å²) in [5, 5.41) is 0. The van der Waals surface area contributed by atoms with Crippen molar-refractivity contribution in [2.75, 3.05) is 20.3 Å². The number of ether oxygens (including phenoxy) is 3. The van der Waals surface area contributed by atoms with Crippen molar-refractivity contribution in [1.29, 1.82) is 0 Å². The van der Waals surface area contributed by atoms with Crippen LogP contribution in [0.1, 0.15) is 32.4 Å². The van der Waals surface area contributed by atoms with Crippen LogP contribution in [0.25, 0.3) is 0 Å². The molecule has 19 heavy (non-hydrogen) atoms. The smallest absolute Gasteiger partial charge is 0.119 e. The summed E-state index contributed by atoms with van der Waals surface area (Å²) < 4.78 is 16.2. The first-order chi connectivity index (χ1) is 9.02. The number of rotatable bonds is 8. The van der Waals surface area contributed by atoms with Gasteiger partial charge in [0.1, 0.15) is 5.75 Å². The molecule has 0 saturated carbocycles. The van der Waals surface area contributed by atoms with Crippen molar-refractivity contribution >= 4 is 0 Å². The minimum atomic E-state index is -0.132.